The third kappa shape index (κ3) is 3.55. The van der Waals surface area contributed by atoms with Gasteiger partial charge in [0, 0.05) is 5.02 Å². The van der Waals surface area contributed by atoms with Gasteiger partial charge in [-0.1, -0.05) is 35.9 Å². The van der Waals surface area contributed by atoms with E-state index in [0.717, 1.165) is 11.1 Å². The molecule has 0 spiro atoms. The molecule has 2 rings (SSSR count). The van der Waals surface area contributed by atoms with Crippen LogP contribution >= 0.6 is 27.5 Å². The summed E-state index contributed by atoms with van der Waals surface area (Å²) in [5, 5.41) is 0.701. The molecule has 18 heavy (non-hydrogen) atoms. The van der Waals surface area contributed by atoms with E-state index in [-0.39, 0.29) is 5.82 Å². The average Bonchev–Trinajstić information content (AvgIpc) is 2.37. The van der Waals surface area contributed by atoms with Crippen LogP contribution in [0.5, 0.6) is 0 Å². The highest BCUT2D eigenvalue weighted by Gasteiger charge is 2.04. The van der Waals surface area contributed by atoms with E-state index in [1.165, 1.54) is 6.07 Å². The fourth-order valence-corrected chi connectivity index (χ4v) is 2.02. The van der Waals surface area contributed by atoms with E-state index >= 15 is 0 Å². The van der Waals surface area contributed by atoms with Crippen molar-refractivity contribution in [1.82, 2.24) is 0 Å². The maximum Gasteiger partial charge on any atom is 0.137 e. The molecule has 4 heteroatoms. The van der Waals surface area contributed by atoms with Gasteiger partial charge in [-0.2, -0.15) is 0 Å². The molecule has 0 amide bonds. The Kier molecular flexibility index (Phi) is 4.75. The SMILES string of the molecule is Fc1cccc(COCc2ccc(Cl)cc2)c1Br. The number of ether oxygens (including phenoxy) is 1. The Hall–Kier alpha value is -0.900. The van der Waals surface area contributed by atoms with Crippen LogP contribution in [0.4, 0.5) is 4.39 Å². The summed E-state index contributed by atoms with van der Waals surface area (Å²) in [4.78, 5) is 0. The first-order valence-corrected chi connectivity index (χ1v) is 6.59. The summed E-state index contributed by atoms with van der Waals surface area (Å²) in [6.07, 6.45) is 0. The summed E-state index contributed by atoms with van der Waals surface area (Å²) in [6, 6.07) is 12.4. The van der Waals surface area contributed by atoms with Crippen LogP contribution in [-0.4, -0.2) is 0 Å². The van der Waals surface area contributed by atoms with Gasteiger partial charge in [0.15, 0.2) is 0 Å². The molecule has 0 saturated carbocycles. The van der Waals surface area contributed by atoms with Crippen molar-refractivity contribution in [2.45, 2.75) is 13.2 Å². The van der Waals surface area contributed by atoms with Crippen molar-refractivity contribution >= 4 is 27.5 Å². The van der Waals surface area contributed by atoms with Crippen LogP contribution in [0.25, 0.3) is 0 Å². The summed E-state index contributed by atoms with van der Waals surface area (Å²) in [5.41, 5.74) is 1.83. The number of hydrogen-bond donors (Lipinski definition) is 0. The lowest BCUT2D eigenvalue weighted by Gasteiger charge is -2.07. The Bertz CT molecular complexity index is 528. The van der Waals surface area contributed by atoms with Crippen molar-refractivity contribution in [2.24, 2.45) is 0 Å². The van der Waals surface area contributed by atoms with Gasteiger partial charge in [-0.15, -0.1) is 0 Å². The molecule has 94 valence electrons. The maximum atomic E-state index is 13.3. The summed E-state index contributed by atoms with van der Waals surface area (Å²) in [7, 11) is 0. The van der Waals surface area contributed by atoms with Crippen LogP contribution in [-0.2, 0) is 18.0 Å². The third-order valence-corrected chi connectivity index (χ3v) is 3.61. The Morgan fingerprint density at radius 2 is 1.78 bits per heavy atom. The van der Waals surface area contributed by atoms with Crippen molar-refractivity contribution in [3.8, 4) is 0 Å². The minimum atomic E-state index is -0.275. The van der Waals surface area contributed by atoms with Crippen LogP contribution < -0.4 is 0 Å². The molecular formula is C14H11BrClFO. The molecule has 0 N–H and O–H groups in total. The van der Waals surface area contributed by atoms with Gasteiger partial charge in [0.25, 0.3) is 0 Å². The Balaban J connectivity index is 1.92. The zero-order valence-corrected chi connectivity index (χ0v) is 11.8. The number of rotatable bonds is 4. The van der Waals surface area contributed by atoms with Crippen LogP contribution in [0, 0.1) is 5.82 Å². The molecule has 0 heterocycles. The molecule has 0 fully saturated rings. The minimum Gasteiger partial charge on any atom is -0.372 e. The van der Waals surface area contributed by atoms with Crippen LogP contribution in [0.3, 0.4) is 0 Å². The Morgan fingerprint density at radius 3 is 2.50 bits per heavy atom. The van der Waals surface area contributed by atoms with Crippen molar-refractivity contribution in [3.05, 3.63) is 68.9 Å². The van der Waals surface area contributed by atoms with Gasteiger partial charge in [0.1, 0.15) is 5.82 Å². The zero-order valence-electron chi connectivity index (χ0n) is 9.50. The highest BCUT2D eigenvalue weighted by atomic mass is 79.9. The quantitative estimate of drug-likeness (QED) is 0.770. The summed E-state index contributed by atoms with van der Waals surface area (Å²) < 4.78 is 19.3. The van der Waals surface area contributed by atoms with Gasteiger partial charge in [0.05, 0.1) is 17.7 Å². The number of benzene rings is 2. The van der Waals surface area contributed by atoms with E-state index in [4.69, 9.17) is 16.3 Å². The van der Waals surface area contributed by atoms with Crippen molar-refractivity contribution in [1.29, 1.82) is 0 Å². The summed E-state index contributed by atoms with van der Waals surface area (Å²) in [5.74, 6) is -0.275. The van der Waals surface area contributed by atoms with E-state index in [9.17, 15) is 4.39 Å². The van der Waals surface area contributed by atoms with E-state index in [2.05, 4.69) is 15.9 Å². The molecule has 0 saturated heterocycles. The second-order valence-electron chi connectivity index (χ2n) is 3.83. The molecule has 0 aliphatic heterocycles. The fourth-order valence-electron chi connectivity index (χ4n) is 1.52. The second-order valence-corrected chi connectivity index (χ2v) is 5.06. The monoisotopic (exact) mass is 328 g/mol. The molecule has 1 nitrogen and oxygen atoms in total. The molecule has 2 aromatic carbocycles. The zero-order chi connectivity index (χ0) is 13.0. The molecule has 0 radical (unpaired) electrons. The standard InChI is InChI=1S/C14H11BrClFO/c15-14-11(2-1-3-13(14)17)9-18-8-10-4-6-12(16)7-5-10/h1-7H,8-9H2. The van der Waals surface area contributed by atoms with Gasteiger partial charge < -0.3 is 4.74 Å². The smallest absolute Gasteiger partial charge is 0.137 e. The van der Waals surface area contributed by atoms with Crippen LogP contribution in [0.15, 0.2) is 46.9 Å². The lowest BCUT2D eigenvalue weighted by molar-refractivity contribution is 0.106. The first-order valence-electron chi connectivity index (χ1n) is 5.42. The summed E-state index contributed by atoms with van der Waals surface area (Å²) >= 11 is 8.99. The van der Waals surface area contributed by atoms with Gasteiger partial charge in [-0.25, -0.2) is 4.39 Å². The largest absolute Gasteiger partial charge is 0.372 e. The molecule has 2 aromatic rings. The average molecular weight is 330 g/mol. The van der Waals surface area contributed by atoms with E-state index in [1.54, 1.807) is 6.07 Å². The van der Waals surface area contributed by atoms with E-state index < -0.39 is 0 Å². The highest BCUT2D eigenvalue weighted by molar-refractivity contribution is 9.10. The lowest BCUT2D eigenvalue weighted by atomic mass is 10.2. The Morgan fingerprint density at radius 1 is 1.06 bits per heavy atom. The van der Waals surface area contributed by atoms with Crippen molar-refractivity contribution < 1.29 is 9.13 Å². The van der Waals surface area contributed by atoms with Gasteiger partial charge in [-0.05, 0) is 45.3 Å². The van der Waals surface area contributed by atoms with Crippen molar-refractivity contribution in [2.75, 3.05) is 0 Å². The maximum absolute atomic E-state index is 13.3. The molecule has 0 atom stereocenters. The van der Waals surface area contributed by atoms with Gasteiger partial charge in [0.2, 0.25) is 0 Å². The molecule has 0 aliphatic rings. The first kappa shape index (κ1) is 13.5. The number of halogens is 3. The molecule has 0 aromatic heterocycles. The van der Waals surface area contributed by atoms with Gasteiger partial charge >= 0.3 is 0 Å². The second kappa shape index (κ2) is 6.32. The minimum absolute atomic E-state index is 0.275. The predicted molar refractivity (Wildman–Crippen MR) is 74.0 cm³/mol. The van der Waals surface area contributed by atoms with Gasteiger partial charge in [-0.3, -0.25) is 0 Å². The van der Waals surface area contributed by atoms with E-state index in [1.807, 2.05) is 30.3 Å². The van der Waals surface area contributed by atoms with Crippen LogP contribution in [0.2, 0.25) is 5.02 Å². The van der Waals surface area contributed by atoms with E-state index in [0.29, 0.717) is 22.7 Å². The summed E-state index contributed by atoms with van der Waals surface area (Å²) in [6.45, 7) is 0.834. The molecule has 0 unspecified atom stereocenters. The number of hydrogen-bond acceptors (Lipinski definition) is 1. The third-order valence-electron chi connectivity index (χ3n) is 2.47. The normalized spacial score (nSPS) is 10.6. The lowest BCUT2D eigenvalue weighted by Crippen LogP contribution is -1.96. The molecular weight excluding hydrogens is 319 g/mol. The van der Waals surface area contributed by atoms with Crippen molar-refractivity contribution in [3.63, 3.8) is 0 Å². The van der Waals surface area contributed by atoms with Crippen LogP contribution in [0.1, 0.15) is 11.1 Å². The Labute approximate surface area is 119 Å². The highest BCUT2D eigenvalue weighted by Crippen LogP contribution is 2.21. The molecule has 0 bridgehead atoms. The predicted octanol–water partition coefficient (Wildman–Crippen LogP) is 4.96. The molecule has 0 aliphatic carbocycles. The first-order chi connectivity index (χ1) is 8.66. The topological polar surface area (TPSA) is 9.23 Å². The fraction of sp³-hybridized carbons (Fsp3) is 0.143.